The first kappa shape index (κ1) is 116. The van der Waals surface area contributed by atoms with Crippen LogP contribution in [0.4, 0.5) is 0 Å². The van der Waals surface area contributed by atoms with Gasteiger partial charge in [0.15, 0.2) is 17.3 Å². The standard InChI is InChI=1S/C20H29NO5.2C20H30O4.C19H26O3.C18H24O5.C18H22O4/c1-12(2)6-5-7-13(3)8-18-20(11-19(25)26-18)10-16(23)15(9-17(20)24)21-14(4)22;2*1-13(2)7-6-8-14(3)9-18-20(12-19(22)24-18)11-15(4)16(23-5)10-17(20)21;1-13(2)6-5-7-14(3)10-17-19(12-18(21)22-17)11-15(4)8-9-16(19)20;1-11(4-7-14-17(2,3)23-14)8-15-18(10-16(21)22-15)9-12(19)5-6-13(18)20;1-12(2)5-4-6-13(3)9-16-18(11-17(21)22-16)10-14(19)7-8-15(18)20/h6,8,15-16,18,23H,5,7,9-11H2,1-4H3,(H,21,22);2*7,9,15-16,18H,6,8,10-12H2,1-5H3;6,8-10,16-17,20H,4-5,7,11-12H2,1-3H3;5-6,8,12,14-15,19H,4,7,9-10H2,1-3H3;5,7-9,16H,4,6,10-11H2,1-3H3/b13-8+;2*14-9+;14-10+;11-8+;13-9+/t15-,16+,18-,20?;15-,16+,18+,20?;15-,16-,18+,20?;16-,17-,19?;12-,14?,15-,18?;16-,18?/m100111/s1. The molecule has 0 radical (unpaired) electrons. The van der Waals surface area contributed by atoms with Crippen LogP contribution in [0, 0.1) is 44.3 Å². The largest absolute Gasteiger partial charge is 0.457 e. The minimum atomic E-state index is -1.03. The Morgan fingerprint density at radius 1 is 0.397 bits per heavy atom. The summed E-state index contributed by atoms with van der Waals surface area (Å²) < 4.78 is 49.2. The normalized spacial score (nSPS) is 33.0. The Morgan fingerprint density at radius 3 is 1.10 bits per heavy atom. The van der Waals surface area contributed by atoms with Crippen molar-refractivity contribution in [3.63, 3.8) is 0 Å². The summed E-state index contributed by atoms with van der Waals surface area (Å²) in [7, 11) is 3.29. The summed E-state index contributed by atoms with van der Waals surface area (Å²) in [6.07, 6.45) is 40.9. The first-order chi connectivity index (χ1) is 66.1. The van der Waals surface area contributed by atoms with Gasteiger partial charge < -0.3 is 63.3 Å². The molecule has 776 valence electrons. The number of nitrogens with one attached hydrogen (secondary N) is 1. The third-order valence-corrected chi connectivity index (χ3v) is 29.8. The van der Waals surface area contributed by atoms with E-state index >= 15 is 0 Å². The van der Waals surface area contributed by atoms with Crippen LogP contribution in [0.1, 0.15) is 319 Å². The molecule has 0 aromatic carbocycles. The van der Waals surface area contributed by atoms with Crippen molar-refractivity contribution in [3.05, 3.63) is 177 Å². The number of rotatable bonds is 27. The molecule has 0 bridgehead atoms. The maximum atomic E-state index is 12.9. The van der Waals surface area contributed by atoms with Gasteiger partial charge in [-0.05, 0) is 300 Å². The zero-order valence-corrected chi connectivity index (χ0v) is 88.1. The Balaban J connectivity index is 0.000000207. The summed E-state index contributed by atoms with van der Waals surface area (Å²) in [5, 5.41) is 33.4. The Hall–Kier alpha value is -9.83. The number of carbonyl (C=O) groups excluding carboxylic acids is 13. The van der Waals surface area contributed by atoms with E-state index in [0.29, 0.717) is 32.1 Å². The van der Waals surface area contributed by atoms with Crippen LogP contribution < -0.4 is 5.32 Å². The van der Waals surface area contributed by atoms with Gasteiger partial charge in [0.05, 0.1) is 119 Å². The summed E-state index contributed by atoms with van der Waals surface area (Å²) in [6.45, 7) is 46.4. The number of aliphatic hydroxyl groups excluding tert-OH is 3. The highest BCUT2D eigenvalue weighted by atomic mass is 16.6. The molecule has 26 heteroatoms. The lowest BCUT2D eigenvalue weighted by Crippen LogP contribution is -2.55. The van der Waals surface area contributed by atoms with Crippen LogP contribution in [-0.2, 0) is 105 Å². The first-order valence-electron chi connectivity index (χ1n) is 50.5. The highest BCUT2D eigenvalue weighted by Crippen LogP contribution is 2.54. The van der Waals surface area contributed by atoms with Crippen molar-refractivity contribution in [1.29, 1.82) is 0 Å². The van der Waals surface area contributed by atoms with Gasteiger partial charge in [0.25, 0.3) is 0 Å². The molecular weight excluding hydrogens is 1800 g/mol. The molecule has 7 aliphatic heterocycles. The number of ketones is 6. The zero-order valence-electron chi connectivity index (χ0n) is 88.1. The summed E-state index contributed by atoms with van der Waals surface area (Å²) >= 11 is 0. The van der Waals surface area contributed by atoms with E-state index in [1.165, 1.54) is 75.8 Å². The van der Waals surface area contributed by atoms with Crippen LogP contribution in [0.2, 0.25) is 0 Å². The third kappa shape index (κ3) is 31.3. The number of amides is 1. The molecule has 7 heterocycles. The Kier molecular flexibility index (Phi) is 42.2. The van der Waals surface area contributed by atoms with E-state index in [0.717, 1.165) is 99.3 Å². The molecule has 141 heavy (non-hydrogen) atoms. The second-order valence-corrected chi connectivity index (χ2v) is 43.8. The maximum Gasteiger partial charge on any atom is 0.307 e. The van der Waals surface area contributed by atoms with E-state index in [9.17, 15) is 77.6 Å². The van der Waals surface area contributed by atoms with Crippen molar-refractivity contribution < 1.29 is 120 Å². The molecule has 13 rings (SSSR count). The number of Topliss-reactive ketones (excluding diaryl/α,β-unsaturated/α-hetero) is 3. The van der Waals surface area contributed by atoms with E-state index in [1.807, 2.05) is 105 Å². The van der Waals surface area contributed by atoms with Crippen LogP contribution in [0.25, 0.3) is 0 Å². The quantitative estimate of drug-likeness (QED) is 0.0257. The van der Waals surface area contributed by atoms with E-state index in [4.69, 9.17) is 42.6 Å². The summed E-state index contributed by atoms with van der Waals surface area (Å²) in [4.78, 5) is 157. The smallest absolute Gasteiger partial charge is 0.307 e. The fourth-order valence-electron chi connectivity index (χ4n) is 21.5. The van der Waals surface area contributed by atoms with E-state index in [2.05, 4.69) is 118 Å². The average Bonchev–Trinajstić information content (AvgIpc) is 1.62. The lowest BCUT2D eigenvalue weighted by Gasteiger charge is -2.40. The molecule has 21 atom stereocenters. The number of cyclic esters (lactones) is 6. The minimum absolute atomic E-state index is 0.00959. The fourth-order valence-corrected chi connectivity index (χ4v) is 21.5. The molecule has 7 saturated heterocycles. The summed E-state index contributed by atoms with van der Waals surface area (Å²) in [5.41, 5.74) is 9.06. The van der Waals surface area contributed by atoms with Gasteiger partial charge in [-0.25, -0.2) is 0 Å². The number of epoxide rings is 1. The van der Waals surface area contributed by atoms with Crippen LogP contribution >= 0.6 is 0 Å². The molecule has 6 aliphatic carbocycles. The minimum Gasteiger partial charge on any atom is -0.457 e. The van der Waals surface area contributed by atoms with Crippen molar-refractivity contribution in [2.45, 2.75) is 404 Å². The molecule has 6 spiro atoms. The number of hydrogen-bond donors (Lipinski definition) is 4. The second-order valence-electron chi connectivity index (χ2n) is 43.8. The van der Waals surface area contributed by atoms with E-state index < -0.39 is 99.3 Å². The number of methoxy groups -OCH3 is 2. The van der Waals surface area contributed by atoms with Crippen molar-refractivity contribution in [3.8, 4) is 0 Å². The highest BCUT2D eigenvalue weighted by Gasteiger charge is 2.62. The summed E-state index contributed by atoms with van der Waals surface area (Å²) in [6, 6.07) is -0.607. The van der Waals surface area contributed by atoms with Crippen molar-refractivity contribution >= 4 is 76.4 Å². The van der Waals surface area contributed by atoms with Gasteiger partial charge in [-0.2, -0.15) is 0 Å². The lowest BCUT2D eigenvalue weighted by molar-refractivity contribution is -0.144. The number of ether oxygens (including phenoxy) is 9. The molecule has 10 fully saturated rings. The predicted octanol–water partition coefficient (Wildman–Crippen LogP) is 19.2. The highest BCUT2D eigenvalue weighted by molar-refractivity contribution is 6.10. The van der Waals surface area contributed by atoms with E-state index in [1.54, 1.807) is 20.3 Å². The van der Waals surface area contributed by atoms with Gasteiger partial charge in [0, 0.05) is 46.8 Å². The van der Waals surface area contributed by atoms with Gasteiger partial charge >= 0.3 is 35.8 Å². The number of allylic oxidation sites excluding steroid dienone is 21. The lowest BCUT2D eigenvalue weighted by atomic mass is 9.64. The molecule has 26 nitrogen and oxygen atoms in total. The molecule has 13 aliphatic rings. The maximum absolute atomic E-state index is 12.9. The first-order valence-corrected chi connectivity index (χ1v) is 50.5. The van der Waals surface area contributed by atoms with Crippen molar-refractivity contribution in [2.75, 3.05) is 14.2 Å². The Bertz CT molecular complexity index is 5000. The molecular formula is C115H161NO25. The van der Waals surface area contributed by atoms with Crippen LogP contribution in [0.3, 0.4) is 0 Å². The number of hydrogen-bond acceptors (Lipinski definition) is 25. The fraction of sp³-hybridized carbons (Fsp3) is 0.626. The van der Waals surface area contributed by atoms with E-state index in [-0.39, 0.29) is 171 Å². The molecule has 0 aromatic heterocycles. The van der Waals surface area contributed by atoms with Crippen LogP contribution in [-0.4, -0.2) is 191 Å². The predicted molar refractivity (Wildman–Crippen MR) is 539 cm³/mol. The van der Waals surface area contributed by atoms with Gasteiger partial charge in [0.1, 0.15) is 54.0 Å². The Morgan fingerprint density at radius 2 is 0.723 bits per heavy atom. The number of carbonyl (C=O) groups is 13. The molecule has 7 unspecified atom stereocenters. The number of aliphatic hydroxyl groups is 3. The molecule has 1 amide bonds. The van der Waals surface area contributed by atoms with Crippen LogP contribution in [0.15, 0.2) is 177 Å². The topological polar surface area (TPSA) is 381 Å². The second kappa shape index (κ2) is 51.1. The monoisotopic (exact) mass is 1960 g/mol. The van der Waals surface area contributed by atoms with Crippen LogP contribution in [0.5, 0.6) is 0 Å². The van der Waals surface area contributed by atoms with Crippen molar-refractivity contribution in [1.82, 2.24) is 5.32 Å². The third-order valence-electron chi connectivity index (χ3n) is 29.8. The van der Waals surface area contributed by atoms with Gasteiger partial charge in [0.2, 0.25) is 5.91 Å². The van der Waals surface area contributed by atoms with Gasteiger partial charge in [-0.3, -0.25) is 62.3 Å². The molecule has 3 saturated carbocycles. The van der Waals surface area contributed by atoms with Gasteiger partial charge in [-0.1, -0.05) is 136 Å². The van der Waals surface area contributed by atoms with Gasteiger partial charge in [-0.15, -0.1) is 0 Å². The SMILES string of the molecule is C/C(=C\[C@H]1OC(=O)CC12C[C@H](O)C=CC2=O)CCC1OC1(C)C.C=C1C=C[C@@H](O)C2(C1)CC(=O)O[C@@H]2/C=C(\C)CCC=C(C)C.CC(=O)N[C@@H]1CC(=O)C2(CC(=O)O[C@@H]2/C=C(\C)CCC=C(C)C)C[C@@H]1O.CC(C)=CCC/C(C)=C/[C@H]1OC(=O)CC12CC(=O)C=CC2=O.CO[C@@H]1CC(=O)C2(CC(=O)O[C@@H]2/C=C(\C)CCC=C(C)C)C[C@@H]1C.CO[C@H]1CC(=O)C2(CC(=O)O[C@@H]2/C=C(\C)CCC=C(C)C)C[C@@H]1C. The number of esters is 6. The average molecular weight is 1960 g/mol. The zero-order chi connectivity index (χ0) is 105. The molecule has 4 N–H and O–H groups in total. The van der Waals surface area contributed by atoms with Crippen molar-refractivity contribution in [2.24, 2.45) is 44.3 Å². The molecule has 0 aromatic rings. The summed E-state index contributed by atoms with van der Waals surface area (Å²) in [5.74, 6) is -2.12. The Labute approximate surface area is 836 Å².